The molecule has 0 saturated carbocycles. The van der Waals surface area contributed by atoms with Crippen molar-refractivity contribution in [3.63, 3.8) is 0 Å². The summed E-state index contributed by atoms with van der Waals surface area (Å²) < 4.78 is 34.0. The largest absolute Gasteiger partial charge is 0.497 e. The molecule has 0 spiro atoms. The number of sulfonamides is 1. The molecule has 1 atom stereocenters. The molecule has 1 unspecified atom stereocenters. The third-order valence-electron chi connectivity index (χ3n) is 6.18. The molecule has 3 rings (SSSR count). The van der Waals surface area contributed by atoms with Crippen LogP contribution in [0.1, 0.15) is 31.4 Å². The number of nitrogens with zero attached hydrogens (tertiary/aromatic N) is 2. The van der Waals surface area contributed by atoms with Crippen molar-refractivity contribution >= 4 is 27.5 Å². The Morgan fingerprint density at radius 3 is 2.11 bits per heavy atom. The van der Waals surface area contributed by atoms with Gasteiger partial charge in [-0.05, 0) is 62.2 Å². The Bertz CT molecular complexity index is 1310. The summed E-state index contributed by atoms with van der Waals surface area (Å²) in [5, 5.41) is 2.80. The van der Waals surface area contributed by atoms with E-state index in [1.54, 1.807) is 36.4 Å². The van der Waals surface area contributed by atoms with Crippen LogP contribution < -0.4 is 14.4 Å². The number of aryl methyl sites for hydroxylation is 1. The zero-order valence-electron chi connectivity index (χ0n) is 22.3. The second-order valence-electron chi connectivity index (χ2n) is 8.85. The normalized spacial score (nSPS) is 11.9. The minimum absolute atomic E-state index is 0.0250. The van der Waals surface area contributed by atoms with E-state index in [2.05, 4.69) is 5.32 Å². The lowest BCUT2D eigenvalue weighted by molar-refractivity contribution is -0.140. The van der Waals surface area contributed by atoms with Gasteiger partial charge in [0.05, 0.1) is 17.7 Å². The van der Waals surface area contributed by atoms with Crippen LogP contribution in [0.4, 0.5) is 5.69 Å². The molecule has 3 aromatic rings. The maximum atomic E-state index is 13.9. The van der Waals surface area contributed by atoms with Crippen molar-refractivity contribution in [2.45, 2.75) is 44.7 Å². The van der Waals surface area contributed by atoms with Gasteiger partial charge in [-0.25, -0.2) is 8.42 Å². The van der Waals surface area contributed by atoms with Gasteiger partial charge in [0, 0.05) is 13.1 Å². The Morgan fingerprint density at radius 2 is 1.55 bits per heavy atom. The van der Waals surface area contributed by atoms with E-state index < -0.39 is 28.5 Å². The highest BCUT2D eigenvalue weighted by molar-refractivity contribution is 7.92. The fourth-order valence-electron chi connectivity index (χ4n) is 4.11. The summed E-state index contributed by atoms with van der Waals surface area (Å²) in [5.74, 6) is -0.243. The quantitative estimate of drug-likeness (QED) is 0.375. The van der Waals surface area contributed by atoms with E-state index >= 15 is 0 Å². The van der Waals surface area contributed by atoms with Crippen LogP contribution in [-0.4, -0.2) is 51.4 Å². The number of ether oxygens (including phenoxy) is 1. The molecule has 0 saturated heterocycles. The SMILES string of the molecule is CCNC(=O)C(CC)N(Cc1ccccc1)C(=O)CN(c1ccc(C)cc1)S(=O)(=O)c1ccc(OC)cc1. The molecule has 0 radical (unpaired) electrons. The third kappa shape index (κ3) is 6.92. The molecule has 2 amide bonds. The van der Waals surface area contributed by atoms with Crippen LogP contribution in [0.5, 0.6) is 5.75 Å². The number of nitrogens with one attached hydrogen (secondary N) is 1. The number of anilines is 1. The lowest BCUT2D eigenvalue weighted by Gasteiger charge is -2.33. The Morgan fingerprint density at radius 1 is 0.921 bits per heavy atom. The zero-order valence-corrected chi connectivity index (χ0v) is 23.1. The number of benzene rings is 3. The lowest BCUT2D eigenvalue weighted by atomic mass is 10.1. The van der Waals surface area contributed by atoms with Crippen LogP contribution >= 0.6 is 0 Å². The van der Waals surface area contributed by atoms with Crippen LogP contribution in [-0.2, 0) is 26.2 Å². The standard InChI is InChI=1S/C29H35N3O5S/c1-5-27(29(34)30-6-2)31(20-23-10-8-7-9-11-23)28(33)21-32(24-14-12-22(3)13-15-24)38(35,36)26-18-16-25(37-4)17-19-26/h7-19,27H,5-6,20-21H2,1-4H3,(H,30,34). The molecular weight excluding hydrogens is 502 g/mol. The number of carbonyl (C=O) groups is 2. The fraction of sp³-hybridized carbons (Fsp3) is 0.310. The van der Waals surface area contributed by atoms with E-state index in [0.717, 1.165) is 15.4 Å². The van der Waals surface area contributed by atoms with Gasteiger partial charge in [0.25, 0.3) is 10.0 Å². The fourth-order valence-corrected chi connectivity index (χ4v) is 5.52. The topological polar surface area (TPSA) is 96.0 Å². The average Bonchev–Trinajstić information content (AvgIpc) is 2.92. The highest BCUT2D eigenvalue weighted by Crippen LogP contribution is 2.26. The minimum Gasteiger partial charge on any atom is -0.497 e. The Labute approximate surface area is 225 Å². The average molecular weight is 538 g/mol. The molecule has 3 aromatic carbocycles. The summed E-state index contributed by atoms with van der Waals surface area (Å²) in [4.78, 5) is 28.3. The Kier molecular flexibility index (Phi) is 9.90. The minimum atomic E-state index is -4.13. The van der Waals surface area contributed by atoms with Crippen LogP contribution in [0.15, 0.2) is 83.8 Å². The molecule has 0 aliphatic heterocycles. The van der Waals surface area contributed by atoms with Gasteiger partial charge >= 0.3 is 0 Å². The molecule has 38 heavy (non-hydrogen) atoms. The molecule has 202 valence electrons. The number of likely N-dealkylation sites (N-methyl/N-ethyl adjacent to an activating group) is 1. The van der Waals surface area contributed by atoms with Gasteiger partial charge in [-0.15, -0.1) is 0 Å². The highest BCUT2D eigenvalue weighted by Gasteiger charge is 2.33. The summed E-state index contributed by atoms with van der Waals surface area (Å²) >= 11 is 0. The van der Waals surface area contributed by atoms with E-state index in [1.807, 2.05) is 51.1 Å². The van der Waals surface area contributed by atoms with Crippen LogP contribution in [0.3, 0.4) is 0 Å². The first-order valence-corrected chi connectivity index (χ1v) is 14.0. The van der Waals surface area contributed by atoms with E-state index in [0.29, 0.717) is 24.4 Å². The van der Waals surface area contributed by atoms with Gasteiger partial charge in [-0.1, -0.05) is 55.0 Å². The van der Waals surface area contributed by atoms with Gasteiger partial charge in [-0.2, -0.15) is 0 Å². The molecule has 0 aromatic heterocycles. The summed E-state index contributed by atoms with van der Waals surface area (Å²) in [5.41, 5.74) is 2.14. The summed E-state index contributed by atoms with van der Waals surface area (Å²) in [6, 6.07) is 21.5. The predicted molar refractivity (Wildman–Crippen MR) is 148 cm³/mol. The maximum absolute atomic E-state index is 13.9. The molecule has 0 aliphatic carbocycles. The number of methoxy groups -OCH3 is 1. The van der Waals surface area contributed by atoms with Gasteiger partial charge < -0.3 is 15.0 Å². The van der Waals surface area contributed by atoms with Gasteiger partial charge in [0.1, 0.15) is 18.3 Å². The molecule has 0 aliphatic rings. The van der Waals surface area contributed by atoms with Crippen molar-refractivity contribution in [3.05, 3.63) is 90.0 Å². The van der Waals surface area contributed by atoms with Gasteiger partial charge in [0.15, 0.2) is 0 Å². The Hall–Kier alpha value is -3.85. The van der Waals surface area contributed by atoms with E-state index in [-0.39, 0.29) is 17.3 Å². The molecule has 9 heteroatoms. The third-order valence-corrected chi connectivity index (χ3v) is 7.97. The van der Waals surface area contributed by atoms with Gasteiger partial charge in [0.2, 0.25) is 11.8 Å². The zero-order chi connectivity index (χ0) is 27.7. The second-order valence-corrected chi connectivity index (χ2v) is 10.7. The molecular formula is C29H35N3O5S. The monoisotopic (exact) mass is 537 g/mol. The summed E-state index contributed by atoms with van der Waals surface area (Å²) in [6.45, 7) is 5.66. The van der Waals surface area contributed by atoms with Crippen LogP contribution in [0.25, 0.3) is 0 Å². The molecule has 8 nitrogen and oxygen atoms in total. The first kappa shape index (κ1) is 28.7. The first-order chi connectivity index (χ1) is 18.2. The van der Waals surface area contributed by atoms with Crippen LogP contribution in [0.2, 0.25) is 0 Å². The van der Waals surface area contributed by atoms with Gasteiger partial charge in [-0.3, -0.25) is 13.9 Å². The Balaban J connectivity index is 2.04. The molecule has 0 heterocycles. The number of amides is 2. The summed E-state index contributed by atoms with van der Waals surface area (Å²) in [7, 11) is -2.63. The van der Waals surface area contributed by atoms with Crippen molar-refractivity contribution in [3.8, 4) is 5.75 Å². The molecule has 0 fully saturated rings. The van der Waals surface area contributed by atoms with Crippen molar-refractivity contribution in [1.82, 2.24) is 10.2 Å². The predicted octanol–water partition coefficient (Wildman–Crippen LogP) is 4.14. The smallest absolute Gasteiger partial charge is 0.264 e. The van der Waals surface area contributed by atoms with Crippen molar-refractivity contribution in [2.24, 2.45) is 0 Å². The van der Waals surface area contributed by atoms with E-state index in [1.165, 1.54) is 24.1 Å². The first-order valence-electron chi connectivity index (χ1n) is 12.6. The van der Waals surface area contributed by atoms with Crippen molar-refractivity contribution in [2.75, 3.05) is 24.5 Å². The molecule has 1 N–H and O–H groups in total. The number of hydrogen-bond donors (Lipinski definition) is 1. The number of carbonyl (C=O) groups excluding carboxylic acids is 2. The lowest BCUT2D eigenvalue weighted by Crippen LogP contribution is -2.52. The number of hydrogen-bond acceptors (Lipinski definition) is 5. The molecule has 0 bridgehead atoms. The maximum Gasteiger partial charge on any atom is 0.264 e. The van der Waals surface area contributed by atoms with Crippen LogP contribution in [0, 0.1) is 6.92 Å². The summed E-state index contributed by atoms with van der Waals surface area (Å²) in [6.07, 6.45) is 0.375. The van der Waals surface area contributed by atoms with Crippen molar-refractivity contribution < 1.29 is 22.7 Å². The van der Waals surface area contributed by atoms with E-state index in [4.69, 9.17) is 4.74 Å². The highest BCUT2D eigenvalue weighted by atomic mass is 32.2. The van der Waals surface area contributed by atoms with E-state index in [9.17, 15) is 18.0 Å². The second kappa shape index (κ2) is 13.1. The number of rotatable bonds is 12. The van der Waals surface area contributed by atoms with Crippen molar-refractivity contribution in [1.29, 1.82) is 0 Å².